The van der Waals surface area contributed by atoms with Crippen LogP contribution >= 0.6 is 0 Å². The van der Waals surface area contributed by atoms with Crippen molar-refractivity contribution < 1.29 is 4.79 Å². The van der Waals surface area contributed by atoms with Crippen molar-refractivity contribution >= 4 is 23.2 Å². The number of benzene rings is 2. The van der Waals surface area contributed by atoms with E-state index in [-0.39, 0.29) is 5.91 Å². The molecule has 1 atom stereocenters. The van der Waals surface area contributed by atoms with E-state index in [1.165, 1.54) is 0 Å². The van der Waals surface area contributed by atoms with Crippen molar-refractivity contribution in [2.24, 2.45) is 0 Å². The third-order valence-corrected chi connectivity index (χ3v) is 6.23. The van der Waals surface area contributed by atoms with Gasteiger partial charge in [0, 0.05) is 60.2 Å². The van der Waals surface area contributed by atoms with Gasteiger partial charge in [0.05, 0.1) is 5.69 Å². The average molecular weight is 480 g/mol. The summed E-state index contributed by atoms with van der Waals surface area (Å²) in [5, 5.41) is 13.2. The Morgan fingerprint density at radius 1 is 1.08 bits per heavy atom. The van der Waals surface area contributed by atoms with Gasteiger partial charge >= 0.3 is 0 Å². The Kier molecular flexibility index (Phi) is 7.25. The number of pyridine rings is 1. The average Bonchev–Trinajstić information content (AvgIpc) is 3.44. The molecule has 1 aliphatic heterocycles. The molecule has 0 radical (unpaired) electrons. The molecule has 182 valence electrons. The lowest BCUT2D eigenvalue weighted by Crippen LogP contribution is -2.30. The second-order valence-electron chi connectivity index (χ2n) is 8.88. The predicted molar refractivity (Wildman–Crippen MR) is 142 cm³/mol. The van der Waals surface area contributed by atoms with Gasteiger partial charge in [-0.25, -0.2) is 9.97 Å². The first-order valence-corrected chi connectivity index (χ1v) is 12.1. The molecule has 0 bridgehead atoms. The summed E-state index contributed by atoms with van der Waals surface area (Å²) in [4.78, 5) is 26.0. The number of carbonyl (C=O) groups excluding carboxylic acids is 1. The Morgan fingerprint density at radius 2 is 1.97 bits per heavy atom. The maximum Gasteiger partial charge on any atom is 0.255 e. The Morgan fingerprint density at radius 3 is 2.75 bits per heavy atom. The highest BCUT2D eigenvalue weighted by molar-refractivity contribution is 6.04. The van der Waals surface area contributed by atoms with Crippen LogP contribution in [-0.4, -0.2) is 40.0 Å². The standard InChI is InChI=1S/C28H29N7O/c1-19-4-9-23(15-26(19)35-28-31-14-11-25(34-28)22-3-2-12-29-17-22)33-27(36)21-7-5-20(6-8-21)16-32-24-10-13-30-18-24/h2-9,11-12,14-15,17,24,30,32H,10,13,16,18H2,1H3,(H,33,36)(H,31,34,35). The molecule has 0 spiro atoms. The van der Waals surface area contributed by atoms with Crippen LogP contribution in [0.15, 0.2) is 79.3 Å². The minimum atomic E-state index is -0.154. The van der Waals surface area contributed by atoms with E-state index in [0.29, 0.717) is 23.2 Å². The minimum Gasteiger partial charge on any atom is -0.324 e. The van der Waals surface area contributed by atoms with Gasteiger partial charge in [-0.15, -0.1) is 0 Å². The lowest BCUT2D eigenvalue weighted by molar-refractivity contribution is 0.102. The van der Waals surface area contributed by atoms with E-state index in [2.05, 4.69) is 36.2 Å². The summed E-state index contributed by atoms with van der Waals surface area (Å²) < 4.78 is 0. The molecule has 1 saturated heterocycles. The van der Waals surface area contributed by atoms with Gasteiger partial charge in [-0.1, -0.05) is 18.2 Å². The third-order valence-electron chi connectivity index (χ3n) is 6.23. The number of carbonyl (C=O) groups is 1. The topological polar surface area (TPSA) is 104 Å². The smallest absolute Gasteiger partial charge is 0.255 e. The first-order valence-electron chi connectivity index (χ1n) is 12.1. The molecule has 36 heavy (non-hydrogen) atoms. The van der Waals surface area contributed by atoms with Crippen molar-refractivity contribution in [3.8, 4) is 11.3 Å². The van der Waals surface area contributed by atoms with Crippen LogP contribution in [0.5, 0.6) is 0 Å². The highest BCUT2D eigenvalue weighted by atomic mass is 16.1. The molecule has 8 nitrogen and oxygen atoms in total. The number of anilines is 3. The van der Waals surface area contributed by atoms with Crippen LogP contribution in [0.25, 0.3) is 11.3 Å². The van der Waals surface area contributed by atoms with Gasteiger partial charge in [0.2, 0.25) is 5.95 Å². The molecule has 5 rings (SSSR count). The molecule has 1 amide bonds. The van der Waals surface area contributed by atoms with E-state index in [0.717, 1.165) is 54.1 Å². The maximum absolute atomic E-state index is 12.9. The zero-order valence-corrected chi connectivity index (χ0v) is 20.2. The summed E-state index contributed by atoms with van der Waals surface area (Å²) in [6.45, 7) is 4.87. The molecular weight excluding hydrogens is 450 g/mol. The fourth-order valence-corrected chi connectivity index (χ4v) is 4.12. The van der Waals surface area contributed by atoms with Crippen LogP contribution in [0, 0.1) is 6.92 Å². The summed E-state index contributed by atoms with van der Waals surface area (Å²) in [6, 6.07) is 19.7. The Hall–Kier alpha value is -4.14. The number of nitrogens with zero attached hydrogens (tertiary/aromatic N) is 3. The van der Waals surface area contributed by atoms with Crippen LogP contribution in [0.2, 0.25) is 0 Å². The number of aryl methyl sites for hydroxylation is 1. The quantitative estimate of drug-likeness (QED) is 0.299. The van der Waals surface area contributed by atoms with E-state index in [9.17, 15) is 4.79 Å². The highest BCUT2D eigenvalue weighted by Gasteiger charge is 2.13. The van der Waals surface area contributed by atoms with Crippen molar-refractivity contribution in [3.05, 3.63) is 95.9 Å². The molecular formula is C28H29N7O. The summed E-state index contributed by atoms with van der Waals surface area (Å²) in [7, 11) is 0. The number of aromatic nitrogens is 3. The summed E-state index contributed by atoms with van der Waals surface area (Å²) in [5.74, 6) is 0.319. The fourth-order valence-electron chi connectivity index (χ4n) is 4.12. The molecule has 0 aliphatic carbocycles. The van der Waals surface area contributed by atoms with E-state index in [4.69, 9.17) is 0 Å². The van der Waals surface area contributed by atoms with Crippen molar-refractivity contribution in [1.82, 2.24) is 25.6 Å². The Balaban J connectivity index is 1.23. The first kappa shape index (κ1) is 23.6. The monoisotopic (exact) mass is 479 g/mol. The lowest BCUT2D eigenvalue weighted by atomic mass is 10.1. The van der Waals surface area contributed by atoms with Crippen molar-refractivity contribution in [2.45, 2.75) is 25.9 Å². The summed E-state index contributed by atoms with van der Waals surface area (Å²) in [5.41, 5.74) is 5.99. The van der Waals surface area contributed by atoms with E-state index in [1.54, 1.807) is 18.6 Å². The largest absolute Gasteiger partial charge is 0.324 e. The van der Waals surface area contributed by atoms with Gasteiger partial charge in [0.1, 0.15) is 0 Å². The molecule has 2 aromatic heterocycles. The fraction of sp³-hybridized carbons (Fsp3) is 0.214. The molecule has 1 aliphatic rings. The Labute approximate surface area is 210 Å². The zero-order chi connectivity index (χ0) is 24.7. The van der Waals surface area contributed by atoms with Crippen LogP contribution in [0.4, 0.5) is 17.3 Å². The Bertz CT molecular complexity index is 1320. The van der Waals surface area contributed by atoms with Gasteiger partial charge in [-0.05, 0) is 73.5 Å². The zero-order valence-electron chi connectivity index (χ0n) is 20.2. The molecule has 4 aromatic rings. The van der Waals surface area contributed by atoms with Gasteiger partial charge < -0.3 is 21.3 Å². The van der Waals surface area contributed by atoms with Crippen molar-refractivity contribution in [1.29, 1.82) is 0 Å². The number of hydrogen-bond donors (Lipinski definition) is 4. The molecule has 4 N–H and O–H groups in total. The van der Waals surface area contributed by atoms with Gasteiger partial charge in [0.25, 0.3) is 5.91 Å². The first-order chi connectivity index (χ1) is 17.6. The molecule has 1 fully saturated rings. The molecule has 8 heteroatoms. The van der Waals surface area contributed by atoms with E-state index >= 15 is 0 Å². The van der Waals surface area contributed by atoms with Crippen LogP contribution < -0.4 is 21.3 Å². The number of hydrogen-bond acceptors (Lipinski definition) is 7. The second kappa shape index (κ2) is 11.1. The van der Waals surface area contributed by atoms with Crippen LogP contribution in [-0.2, 0) is 6.54 Å². The van der Waals surface area contributed by atoms with Gasteiger partial charge in [-0.2, -0.15) is 0 Å². The molecule has 2 aromatic carbocycles. The third kappa shape index (κ3) is 5.91. The number of nitrogens with one attached hydrogen (secondary N) is 4. The van der Waals surface area contributed by atoms with Crippen LogP contribution in [0.3, 0.4) is 0 Å². The number of amides is 1. The molecule has 1 unspecified atom stereocenters. The molecule has 0 saturated carbocycles. The lowest BCUT2D eigenvalue weighted by Gasteiger charge is -2.13. The number of rotatable bonds is 8. The van der Waals surface area contributed by atoms with Crippen molar-refractivity contribution in [2.75, 3.05) is 23.7 Å². The van der Waals surface area contributed by atoms with Crippen LogP contribution in [0.1, 0.15) is 27.9 Å². The second-order valence-corrected chi connectivity index (χ2v) is 8.88. The highest BCUT2D eigenvalue weighted by Crippen LogP contribution is 2.24. The molecule has 3 heterocycles. The maximum atomic E-state index is 12.9. The predicted octanol–water partition coefficient (Wildman–Crippen LogP) is 4.29. The van der Waals surface area contributed by atoms with E-state index in [1.807, 2.05) is 67.6 Å². The van der Waals surface area contributed by atoms with E-state index < -0.39 is 0 Å². The van der Waals surface area contributed by atoms with Crippen molar-refractivity contribution in [3.63, 3.8) is 0 Å². The summed E-state index contributed by atoms with van der Waals surface area (Å²) >= 11 is 0. The summed E-state index contributed by atoms with van der Waals surface area (Å²) in [6.07, 6.45) is 6.36. The van der Waals surface area contributed by atoms with Gasteiger partial charge in [-0.3, -0.25) is 9.78 Å². The van der Waals surface area contributed by atoms with Gasteiger partial charge in [0.15, 0.2) is 0 Å². The SMILES string of the molecule is Cc1ccc(NC(=O)c2ccc(CNC3CCNC3)cc2)cc1Nc1nccc(-c2cccnc2)n1. The minimum absolute atomic E-state index is 0.154. The normalized spacial score (nSPS) is 15.0.